The topological polar surface area (TPSA) is 151 Å². The lowest BCUT2D eigenvalue weighted by atomic mass is 9.93. The number of carbonyl (C=O) groups is 2. The van der Waals surface area contributed by atoms with Gasteiger partial charge in [-0.3, -0.25) is 10.1 Å². The van der Waals surface area contributed by atoms with Gasteiger partial charge in [-0.15, -0.1) is 0 Å². The predicted molar refractivity (Wildman–Crippen MR) is 89.6 cm³/mol. The number of carbonyl (C=O) groups excluding carboxylic acids is 1. The molecular formula is C16H22N2O8. The summed E-state index contributed by atoms with van der Waals surface area (Å²) < 4.78 is 15.1. The largest absolute Gasteiger partial charge is 0.493 e. The van der Waals surface area contributed by atoms with Gasteiger partial charge >= 0.3 is 17.5 Å². The molecule has 0 radical (unpaired) electrons. The molecule has 1 unspecified atom stereocenters. The third-order valence-corrected chi connectivity index (χ3v) is 3.81. The van der Waals surface area contributed by atoms with E-state index in [1.807, 2.05) is 0 Å². The van der Waals surface area contributed by atoms with Gasteiger partial charge in [0.25, 0.3) is 0 Å². The first-order valence-electron chi connectivity index (χ1n) is 7.79. The Bertz CT molecular complexity index is 648. The van der Waals surface area contributed by atoms with Crippen LogP contribution in [0.3, 0.4) is 0 Å². The fraction of sp³-hybridized carbons (Fsp3) is 0.500. The van der Waals surface area contributed by atoms with Crippen molar-refractivity contribution in [2.75, 3.05) is 20.8 Å². The summed E-state index contributed by atoms with van der Waals surface area (Å²) in [5, 5.41) is 20.7. The molecule has 0 fully saturated rings. The molecule has 0 heterocycles. The standard InChI is InChI=1S/C16H22N2O8/c1-24-12-6-5-11(9-13(12)25-2)10-26-15(21)16(14(19)20,18(22)23)7-3-4-8-17/h5-6,9H,3-4,7-8,10,17H2,1-2H3,(H,19,20). The van der Waals surface area contributed by atoms with Crippen LogP contribution in [-0.2, 0) is 20.9 Å². The van der Waals surface area contributed by atoms with E-state index in [0.717, 1.165) is 0 Å². The molecule has 26 heavy (non-hydrogen) atoms. The molecule has 0 saturated heterocycles. The summed E-state index contributed by atoms with van der Waals surface area (Å²) >= 11 is 0. The molecular weight excluding hydrogens is 348 g/mol. The fourth-order valence-electron chi connectivity index (χ4n) is 2.30. The van der Waals surface area contributed by atoms with Gasteiger partial charge in [-0.1, -0.05) is 6.07 Å². The van der Waals surface area contributed by atoms with Crippen molar-refractivity contribution in [3.05, 3.63) is 33.9 Å². The van der Waals surface area contributed by atoms with Gasteiger partial charge in [0.05, 0.1) is 19.1 Å². The minimum Gasteiger partial charge on any atom is -0.493 e. The summed E-state index contributed by atoms with van der Waals surface area (Å²) in [4.78, 5) is 34.0. The number of ether oxygens (including phenoxy) is 3. The monoisotopic (exact) mass is 370 g/mol. The van der Waals surface area contributed by atoms with E-state index in [0.29, 0.717) is 23.5 Å². The van der Waals surface area contributed by atoms with Crippen molar-refractivity contribution in [2.24, 2.45) is 5.73 Å². The molecule has 0 bridgehead atoms. The van der Waals surface area contributed by atoms with Crippen LogP contribution in [0.25, 0.3) is 0 Å². The number of carboxylic acids is 1. The highest BCUT2D eigenvalue weighted by Crippen LogP contribution is 2.28. The van der Waals surface area contributed by atoms with Crippen molar-refractivity contribution >= 4 is 11.9 Å². The summed E-state index contributed by atoms with van der Waals surface area (Å²) in [7, 11) is 2.88. The number of methoxy groups -OCH3 is 2. The van der Waals surface area contributed by atoms with E-state index in [9.17, 15) is 24.8 Å². The summed E-state index contributed by atoms with van der Waals surface area (Å²) in [6.45, 7) is -0.118. The molecule has 1 aromatic rings. The maximum atomic E-state index is 12.3. The molecule has 0 aliphatic rings. The molecule has 0 aromatic heterocycles. The third kappa shape index (κ3) is 4.60. The molecule has 0 aliphatic carbocycles. The number of nitrogens with zero attached hydrogens (tertiary/aromatic N) is 1. The minimum atomic E-state index is -2.86. The first kappa shape index (κ1) is 21.2. The van der Waals surface area contributed by atoms with Crippen LogP contribution >= 0.6 is 0 Å². The van der Waals surface area contributed by atoms with Crippen LogP contribution in [0.1, 0.15) is 24.8 Å². The molecule has 10 heteroatoms. The number of unbranched alkanes of at least 4 members (excludes halogenated alkanes) is 1. The molecule has 1 aromatic carbocycles. The lowest BCUT2D eigenvalue weighted by Gasteiger charge is -2.19. The van der Waals surface area contributed by atoms with Crippen molar-refractivity contribution in [1.82, 2.24) is 0 Å². The average molecular weight is 370 g/mol. The van der Waals surface area contributed by atoms with E-state index in [1.165, 1.54) is 20.3 Å². The van der Waals surface area contributed by atoms with Crippen LogP contribution in [0.2, 0.25) is 0 Å². The van der Waals surface area contributed by atoms with E-state index >= 15 is 0 Å². The molecule has 1 rings (SSSR count). The Labute approximate surface area is 150 Å². The van der Waals surface area contributed by atoms with Gasteiger partial charge in [-0.2, -0.15) is 0 Å². The molecule has 3 N–H and O–H groups in total. The van der Waals surface area contributed by atoms with Crippen molar-refractivity contribution < 1.29 is 33.8 Å². The fourth-order valence-corrected chi connectivity index (χ4v) is 2.30. The van der Waals surface area contributed by atoms with Gasteiger partial charge in [0.1, 0.15) is 6.61 Å². The Kier molecular flexibility index (Phi) is 7.78. The van der Waals surface area contributed by atoms with Gasteiger partial charge < -0.3 is 25.1 Å². The zero-order chi connectivity index (χ0) is 19.7. The highest BCUT2D eigenvalue weighted by Gasteiger charge is 2.60. The average Bonchev–Trinajstić information content (AvgIpc) is 2.62. The number of rotatable bonds is 11. The zero-order valence-corrected chi connectivity index (χ0v) is 14.6. The number of benzene rings is 1. The molecule has 0 spiro atoms. The van der Waals surface area contributed by atoms with E-state index in [-0.39, 0.29) is 19.6 Å². The Hall–Kier alpha value is -2.88. The Morgan fingerprint density at radius 1 is 1.23 bits per heavy atom. The number of hydrogen-bond acceptors (Lipinski definition) is 8. The quantitative estimate of drug-likeness (QED) is 0.191. The van der Waals surface area contributed by atoms with E-state index in [2.05, 4.69) is 0 Å². The predicted octanol–water partition coefficient (Wildman–Crippen LogP) is 0.976. The van der Waals surface area contributed by atoms with Crippen LogP contribution < -0.4 is 15.2 Å². The SMILES string of the molecule is COc1ccc(COC(=O)C(CCCCN)(C(=O)O)[N+](=O)[O-])cc1OC. The van der Waals surface area contributed by atoms with Crippen molar-refractivity contribution in [3.63, 3.8) is 0 Å². The van der Waals surface area contributed by atoms with Gasteiger partial charge in [-0.25, -0.2) is 9.59 Å². The molecule has 0 saturated carbocycles. The number of aliphatic carboxylic acids is 1. The zero-order valence-electron chi connectivity index (χ0n) is 14.6. The lowest BCUT2D eigenvalue weighted by Crippen LogP contribution is -2.54. The van der Waals surface area contributed by atoms with Crippen molar-refractivity contribution in [1.29, 1.82) is 0 Å². The third-order valence-electron chi connectivity index (χ3n) is 3.81. The van der Waals surface area contributed by atoms with Gasteiger partial charge in [0.2, 0.25) is 0 Å². The first-order valence-corrected chi connectivity index (χ1v) is 7.79. The van der Waals surface area contributed by atoms with E-state index in [4.69, 9.17) is 19.9 Å². The van der Waals surface area contributed by atoms with Gasteiger partial charge in [0.15, 0.2) is 11.5 Å². The van der Waals surface area contributed by atoms with Crippen LogP contribution in [0.5, 0.6) is 11.5 Å². The second-order valence-corrected chi connectivity index (χ2v) is 5.43. The van der Waals surface area contributed by atoms with Crippen LogP contribution in [0, 0.1) is 10.1 Å². The number of carboxylic acid groups (broad SMARTS) is 1. The smallest absolute Gasteiger partial charge is 0.410 e. The molecule has 144 valence electrons. The summed E-state index contributed by atoms with van der Waals surface area (Å²) in [5.41, 5.74) is 2.92. The van der Waals surface area contributed by atoms with Gasteiger partial charge in [0, 0.05) is 6.42 Å². The Morgan fingerprint density at radius 3 is 2.38 bits per heavy atom. The second-order valence-electron chi connectivity index (χ2n) is 5.43. The number of hydrogen-bond donors (Lipinski definition) is 2. The maximum Gasteiger partial charge on any atom is 0.410 e. The highest BCUT2D eigenvalue weighted by molar-refractivity contribution is 6.02. The number of nitro groups is 1. The minimum absolute atomic E-state index is 0.106. The number of nitrogens with two attached hydrogens (primary N) is 1. The normalized spacial score (nSPS) is 12.7. The maximum absolute atomic E-state index is 12.3. The Balaban J connectivity index is 2.96. The van der Waals surface area contributed by atoms with Crippen LogP contribution in [-0.4, -0.2) is 48.3 Å². The Morgan fingerprint density at radius 2 is 1.88 bits per heavy atom. The molecule has 0 amide bonds. The highest BCUT2D eigenvalue weighted by atomic mass is 16.6. The van der Waals surface area contributed by atoms with Crippen LogP contribution in [0.15, 0.2) is 18.2 Å². The van der Waals surface area contributed by atoms with E-state index < -0.39 is 28.8 Å². The lowest BCUT2D eigenvalue weighted by molar-refractivity contribution is -0.542. The second kappa shape index (κ2) is 9.56. The number of esters is 1. The first-order chi connectivity index (χ1) is 12.3. The van der Waals surface area contributed by atoms with E-state index in [1.54, 1.807) is 12.1 Å². The van der Waals surface area contributed by atoms with Gasteiger partial charge in [-0.05, 0) is 37.1 Å². The van der Waals surface area contributed by atoms with Crippen molar-refractivity contribution in [3.8, 4) is 11.5 Å². The summed E-state index contributed by atoms with van der Waals surface area (Å²) in [5.74, 6) is -2.46. The molecule has 0 aliphatic heterocycles. The summed E-state index contributed by atoms with van der Waals surface area (Å²) in [6, 6.07) is 4.66. The molecule has 1 atom stereocenters. The summed E-state index contributed by atoms with van der Waals surface area (Å²) in [6.07, 6.45) is -0.0433. The van der Waals surface area contributed by atoms with Crippen LogP contribution in [0.4, 0.5) is 0 Å². The molecule has 10 nitrogen and oxygen atoms in total. The van der Waals surface area contributed by atoms with Crippen molar-refractivity contribution in [2.45, 2.75) is 31.4 Å².